The van der Waals surface area contributed by atoms with Gasteiger partial charge in [-0.05, 0) is 19.4 Å². The number of carbonyl (C=O) groups excluding carboxylic acids is 1. The van der Waals surface area contributed by atoms with Gasteiger partial charge >= 0.3 is 0 Å². The Morgan fingerprint density at radius 1 is 1.40 bits per heavy atom. The van der Waals surface area contributed by atoms with E-state index in [9.17, 15) is 4.79 Å². The number of hydrogen-bond acceptors (Lipinski definition) is 5. The second-order valence-electron chi connectivity index (χ2n) is 4.97. The van der Waals surface area contributed by atoms with Crippen molar-refractivity contribution in [2.75, 3.05) is 37.7 Å². The van der Waals surface area contributed by atoms with Crippen LogP contribution < -0.4 is 4.90 Å². The lowest BCUT2D eigenvalue weighted by atomic mass is 10.3. The van der Waals surface area contributed by atoms with Gasteiger partial charge in [0.2, 0.25) is 5.91 Å². The molecule has 2 heterocycles. The second kappa shape index (κ2) is 7.19. The molecule has 1 aliphatic heterocycles. The number of amides is 1. The highest BCUT2D eigenvalue weighted by Gasteiger charge is 2.22. The molecule has 1 aromatic rings. The zero-order valence-corrected chi connectivity index (χ0v) is 12.2. The average Bonchev–Trinajstić information content (AvgIpc) is 2.53. The highest BCUT2D eigenvalue weighted by molar-refractivity contribution is 5.77. The van der Waals surface area contributed by atoms with Crippen molar-refractivity contribution in [1.29, 1.82) is 0 Å². The summed E-state index contributed by atoms with van der Waals surface area (Å²) in [5, 5.41) is 0. The molecule has 6 heteroatoms. The molecule has 1 fully saturated rings. The van der Waals surface area contributed by atoms with Crippen LogP contribution in [0.15, 0.2) is 18.6 Å². The Balaban J connectivity index is 1.78. The molecule has 0 bridgehead atoms. The van der Waals surface area contributed by atoms with Crippen LogP contribution in [0, 0.1) is 0 Å². The summed E-state index contributed by atoms with van der Waals surface area (Å²) in [5.41, 5.74) is 0. The minimum atomic E-state index is 0.0765. The Morgan fingerprint density at radius 3 is 2.75 bits per heavy atom. The van der Waals surface area contributed by atoms with Gasteiger partial charge in [-0.3, -0.25) is 4.79 Å². The number of aromatic nitrogens is 2. The summed E-state index contributed by atoms with van der Waals surface area (Å²) >= 11 is 0. The molecule has 1 aliphatic rings. The van der Waals surface area contributed by atoms with Crippen LogP contribution in [0.5, 0.6) is 0 Å². The molecule has 0 spiro atoms. The van der Waals surface area contributed by atoms with E-state index in [4.69, 9.17) is 4.74 Å². The first-order valence-electron chi connectivity index (χ1n) is 7.11. The minimum Gasteiger partial charge on any atom is -0.369 e. The van der Waals surface area contributed by atoms with Crippen LogP contribution in [0.25, 0.3) is 0 Å². The van der Waals surface area contributed by atoms with E-state index >= 15 is 0 Å². The second-order valence-corrected chi connectivity index (χ2v) is 4.97. The molecular weight excluding hydrogens is 256 g/mol. The summed E-state index contributed by atoms with van der Waals surface area (Å²) in [5.74, 6) is 0.996. The van der Waals surface area contributed by atoms with Crippen molar-refractivity contribution < 1.29 is 9.53 Å². The van der Waals surface area contributed by atoms with E-state index in [1.165, 1.54) is 0 Å². The quantitative estimate of drug-likeness (QED) is 0.802. The minimum absolute atomic E-state index is 0.0765. The lowest BCUT2D eigenvalue weighted by Crippen LogP contribution is -2.50. The van der Waals surface area contributed by atoms with E-state index < -0.39 is 0 Å². The first-order chi connectivity index (χ1) is 9.70. The molecule has 20 heavy (non-hydrogen) atoms. The largest absolute Gasteiger partial charge is 0.369 e. The third kappa shape index (κ3) is 3.90. The monoisotopic (exact) mass is 278 g/mol. The molecule has 1 aromatic heterocycles. The van der Waals surface area contributed by atoms with Crippen molar-refractivity contribution in [2.45, 2.75) is 26.4 Å². The number of anilines is 1. The summed E-state index contributed by atoms with van der Waals surface area (Å²) < 4.78 is 5.49. The third-order valence-electron chi connectivity index (χ3n) is 3.59. The Morgan fingerprint density at radius 2 is 2.15 bits per heavy atom. The fraction of sp³-hybridized carbons (Fsp3) is 0.643. The standard InChI is InChI=1S/C14H22N4O2/c1-3-12(2)20-10-14(19)18-8-6-17(7-9-18)13-4-5-15-11-16-13/h4-5,11-12H,3,6-10H2,1-2H3. The summed E-state index contributed by atoms with van der Waals surface area (Å²) in [6.07, 6.45) is 4.35. The van der Waals surface area contributed by atoms with Crippen molar-refractivity contribution in [3.63, 3.8) is 0 Å². The maximum absolute atomic E-state index is 12.0. The number of nitrogens with zero attached hydrogens (tertiary/aromatic N) is 4. The van der Waals surface area contributed by atoms with E-state index in [-0.39, 0.29) is 18.6 Å². The van der Waals surface area contributed by atoms with Crippen LogP contribution in [0.3, 0.4) is 0 Å². The van der Waals surface area contributed by atoms with E-state index in [0.29, 0.717) is 13.1 Å². The van der Waals surface area contributed by atoms with Crippen molar-refractivity contribution in [1.82, 2.24) is 14.9 Å². The fourth-order valence-corrected chi connectivity index (χ4v) is 2.08. The molecule has 0 N–H and O–H groups in total. The van der Waals surface area contributed by atoms with E-state index in [2.05, 4.69) is 21.8 Å². The van der Waals surface area contributed by atoms with Gasteiger partial charge in [-0.25, -0.2) is 9.97 Å². The summed E-state index contributed by atoms with van der Waals surface area (Å²) in [6, 6.07) is 1.89. The Labute approximate surface area is 119 Å². The lowest BCUT2D eigenvalue weighted by Gasteiger charge is -2.35. The SMILES string of the molecule is CCC(C)OCC(=O)N1CCN(c2ccncn2)CC1. The molecule has 0 saturated carbocycles. The fourth-order valence-electron chi connectivity index (χ4n) is 2.08. The lowest BCUT2D eigenvalue weighted by molar-refractivity contribution is -0.138. The van der Waals surface area contributed by atoms with Gasteiger partial charge in [0.25, 0.3) is 0 Å². The van der Waals surface area contributed by atoms with Crippen LogP contribution in [0.2, 0.25) is 0 Å². The highest BCUT2D eigenvalue weighted by atomic mass is 16.5. The summed E-state index contributed by atoms with van der Waals surface area (Å²) in [6.45, 7) is 7.25. The molecule has 1 amide bonds. The van der Waals surface area contributed by atoms with Gasteiger partial charge in [0.05, 0.1) is 6.10 Å². The molecular formula is C14H22N4O2. The van der Waals surface area contributed by atoms with Crippen molar-refractivity contribution in [3.05, 3.63) is 18.6 Å². The van der Waals surface area contributed by atoms with Gasteiger partial charge in [-0.1, -0.05) is 6.92 Å². The van der Waals surface area contributed by atoms with Crippen molar-refractivity contribution in [3.8, 4) is 0 Å². The van der Waals surface area contributed by atoms with Gasteiger partial charge in [0.1, 0.15) is 18.8 Å². The first kappa shape index (κ1) is 14.7. The zero-order chi connectivity index (χ0) is 14.4. The molecule has 1 unspecified atom stereocenters. The third-order valence-corrected chi connectivity index (χ3v) is 3.59. The van der Waals surface area contributed by atoms with Crippen LogP contribution in [-0.2, 0) is 9.53 Å². The Kier molecular flexibility index (Phi) is 5.29. The topological polar surface area (TPSA) is 58.6 Å². The molecule has 110 valence electrons. The van der Waals surface area contributed by atoms with Crippen LogP contribution in [0.4, 0.5) is 5.82 Å². The molecule has 0 aliphatic carbocycles. The van der Waals surface area contributed by atoms with Gasteiger partial charge in [0.15, 0.2) is 0 Å². The maximum Gasteiger partial charge on any atom is 0.248 e. The van der Waals surface area contributed by atoms with E-state index in [1.807, 2.05) is 17.9 Å². The summed E-state index contributed by atoms with van der Waals surface area (Å²) in [4.78, 5) is 24.2. The number of hydrogen-bond donors (Lipinski definition) is 0. The van der Waals surface area contributed by atoms with Gasteiger partial charge in [-0.15, -0.1) is 0 Å². The van der Waals surface area contributed by atoms with Crippen molar-refractivity contribution >= 4 is 11.7 Å². The highest BCUT2D eigenvalue weighted by Crippen LogP contribution is 2.12. The maximum atomic E-state index is 12.0. The normalized spacial score (nSPS) is 17.1. The first-order valence-corrected chi connectivity index (χ1v) is 7.11. The van der Waals surface area contributed by atoms with Crippen LogP contribution in [0.1, 0.15) is 20.3 Å². The molecule has 2 rings (SSSR count). The van der Waals surface area contributed by atoms with Gasteiger partial charge in [0, 0.05) is 32.4 Å². The van der Waals surface area contributed by atoms with Crippen molar-refractivity contribution in [2.24, 2.45) is 0 Å². The van der Waals surface area contributed by atoms with Gasteiger partial charge in [-0.2, -0.15) is 0 Å². The number of piperazine rings is 1. The number of rotatable bonds is 5. The predicted octanol–water partition coefficient (Wildman–Crippen LogP) is 0.940. The average molecular weight is 278 g/mol. The molecule has 6 nitrogen and oxygen atoms in total. The Hall–Kier alpha value is -1.69. The van der Waals surface area contributed by atoms with Crippen LogP contribution >= 0.6 is 0 Å². The predicted molar refractivity (Wildman–Crippen MR) is 76.5 cm³/mol. The number of carbonyl (C=O) groups is 1. The molecule has 1 saturated heterocycles. The smallest absolute Gasteiger partial charge is 0.248 e. The molecule has 0 radical (unpaired) electrons. The number of ether oxygens (including phenoxy) is 1. The Bertz CT molecular complexity index is 418. The van der Waals surface area contributed by atoms with E-state index in [1.54, 1.807) is 12.5 Å². The zero-order valence-electron chi connectivity index (χ0n) is 12.2. The molecule has 0 aromatic carbocycles. The van der Waals surface area contributed by atoms with Gasteiger partial charge < -0.3 is 14.5 Å². The summed E-state index contributed by atoms with van der Waals surface area (Å²) in [7, 11) is 0. The van der Waals surface area contributed by atoms with E-state index in [0.717, 1.165) is 25.3 Å². The van der Waals surface area contributed by atoms with Crippen LogP contribution in [-0.4, -0.2) is 59.7 Å². The molecule has 1 atom stereocenters.